The lowest BCUT2D eigenvalue weighted by Gasteiger charge is -2.30. The summed E-state index contributed by atoms with van der Waals surface area (Å²) in [6.07, 6.45) is 5.82. The van der Waals surface area contributed by atoms with Crippen molar-refractivity contribution in [1.82, 2.24) is 14.5 Å². The van der Waals surface area contributed by atoms with Crippen LogP contribution in [0.5, 0.6) is 5.75 Å². The van der Waals surface area contributed by atoms with Gasteiger partial charge in [-0.05, 0) is 80.4 Å². The van der Waals surface area contributed by atoms with Crippen LogP contribution in [0.3, 0.4) is 0 Å². The number of aromatic nitrogens is 2. The second kappa shape index (κ2) is 13.5. The second-order valence-corrected chi connectivity index (χ2v) is 9.65. The number of unbranched alkanes of at least 4 members (excludes halogenated alkanes) is 2. The van der Waals surface area contributed by atoms with Gasteiger partial charge in [-0.15, -0.1) is 0 Å². The van der Waals surface area contributed by atoms with Crippen molar-refractivity contribution in [2.24, 2.45) is 0 Å². The van der Waals surface area contributed by atoms with Gasteiger partial charge in [-0.25, -0.2) is 4.98 Å². The molecule has 0 fully saturated rings. The Labute approximate surface area is 238 Å². The zero-order valence-corrected chi connectivity index (χ0v) is 23.5. The summed E-state index contributed by atoms with van der Waals surface area (Å²) >= 11 is 0. The number of benzene rings is 3. The van der Waals surface area contributed by atoms with Gasteiger partial charge in [0.15, 0.2) is 0 Å². The quantitative estimate of drug-likeness (QED) is 0.0858. The predicted molar refractivity (Wildman–Crippen MR) is 160 cm³/mol. The number of ether oxygens (including phenoxy) is 1. The molecule has 1 heterocycles. The Morgan fingerprint density at radius 3 is 2.41 bits per heavy atom. The average molecular weight is 555 g/mol. The van der Waals surface area contributed by atoms with E-state index < -0.39 is 11.0 Å². The molecule has 1 amide bonds. The van der Waals surface area contributed by atoms with Crippen molar-refractivity contribution >= 4 is 28.6 Å². The molecule has 0 aliphatic heterocycles. The third-order valence-corrected chi connectivity index (χ3v) is 6.86. The van der Waals surface area contributed by atoms with Gasteiger partial charge in [-0.2, -0.15) is 0 Å². The molecule has 41 heavy (non-hydrogen) atoms. The highest BCUT2D eigenvalue weighted by Crippen LogP contribution is 2.25. The Balaban J connectivity index is 1.76. The largest absolute Gasteiger partial charge is 0.494 e. The van der Waals surface area contributed by atoms with Crippen molar-refractivity contribution in [3.63, 3.8) is 0 Å². The van der Waals surface area contributed by atoms with E-state index in [-0.39, 0.29) is 17.2 Å². The first-order valence-corrected chi connectivity index (χ1v) is 13.8. The summed E-state index contributed by atoms with van der Waals surface area (Å²) in [4.78, 5) is 44.6. The summed E-state index contributed by atoms with van der Waals surface area (Å²) in [5.41, 5.74) is 1.62. The van der Waals surface area contributed by atoms with Crippen LogP contribution >= 0.6 is 0 Å². The van der Waals surface area contributed by atoms with Crippen LogP contribution < -0.4 is 10.3 Å². The van der Waals surface area contributed by atoms with E-state index in [1.165, 1.54) is 18.2 Å². The smallest absolute Gasteiger partial charge is 0.269 e. The molecule has 9 heteroatoms. The number of nitrogens with zero attached hydrogens (tertiary/aromatic N) is 4. The first-order chi connectivity index (χ1) is 19.8. The first kappa shape index (κ1) is 29.2. The van der Waals surface area contributed by atoms with Gasteiger partial charge in [-0.3, -0.25) is 24.3 Å². The van der Waals surface area contributed by atoms with Gasteiger partial charge in [-0.1, -0.05) is 31.9 Å². The third-order valence-electron chi connectivity index (χ3n) is 6.86. The molecule has 0 N–H and O–H groups in total. The standard InChI is InChI=1S/C32H34N4O5/c1-4-6-9-22-34(30(37)21-14-24-12-15-26(16-13-24)36(39)40)23(3)31-33-29-11-8-7-10-28(29)32(38)35(31)25-17-19-27(20-18-25)41-5-2/h7-8,10-21,23H,4-6,9,22H2,1-3H3/b21-14+. The number of fused-ring (bicyclic) bond motifs is 1. The molecular weight excluding hydrogens is 520 g/mol. The minimum Gasteiger partial charge on any atom is -0.494 e. The van der Waals surface area contributed by atoms with Crippen LogP contribution in [-0.4, -0.2) is 38.4 Å². The lowest BCUT2D eigenvalue weighted by atomic mass is 10.1. The number of para-hydroxylation sites is 1. The number of hydrogen-bond donors (Lipinski definition) is 0. The van der Waals surface area contributed by atoms with Gasteiger partial charge in [0.25, 0.3) is 11.2 Å². The minimum absolute atomic E-state index is 0.0158. The molecule has 1 atom stereocenters. The lowest BCUT2D eigenvalue weighted by Crippen LogP contribution is -2.37. The van der Waals surface area contributed by atoms with Gasteiger partial charge >= 0.3 is 0 Å². The van der Waals surface area contributed by atoms with E-state index in [4.69, 9.17) is 9.72 Å². The summed E-state index contributed by atoms with van der Waals surface area (Å²) in [5.74, 6) is 0.902. The van der Waals surface area contributed by atoms with E-state index in [0.29, 0.717) is 46.9 Å². The van der Waals surface area contributed by atoms with Crippen molar-refractivity contribution in [2.75, 3.05) is 13.2 Å². The fourth-order valence-electron chi connectivity index (χ4n) is 4.67. The first-order valence-electron chi connectivity index (χ1n) is 13.8. The van der Waals surface area contributed by atoms with E-state index in [2.05, 4.69) is 6.92 Å². The lowest BCUT2D eigenvalue weighted by molar-refractivity contribution is -0.384. The molecule has 4 rings (SSSR count). The van der Waals surface area contributed by atoms with Gasteiger partial charge in [0.2, 0.25) is 5.91 Å². The van der Waals surface area contributed by atoms with Crippen LogP contribution in [0, 0.1) is 10.1 Å². The highest BCUT2D eigenvalue weighted by atomic mass is 16.6. The number of nitro groups is 1. The summed E-state index contributed by atoms with van der Waals surface area (Å²) in [6.45, 7) is 6.89. The molecule has 0 saturated heterocycles. The van der Waals surface area contributed by atoms with E-state index >= 15 is 0 Å². The molecule has 212 valence electrons. The Kier molecular flexibility index (Phi) is 9.63. The number of non-ortho nitro benzene ring substituents is 1. The normalized spacial score (nSPS) is 12.0. The van der Waals surface area contributed by atoms with Gasteiger partial charge in [0.1, 0.15) is 11.6 Å². The number of carbonyl (C=O) groups is 1. The van der Waals surface area contributed by atoms with Crippen LogP contribution in [0.15, 0.2) is 83.7 Å². The molecule has 0 radical (unpaired) electrons. The molecule has 0 bridgehead atoms. The number of carbonyl (C=O) groups excluding carboxylic acids is 1. The zero-order chi connectivity index (χ0) is 29.4. The van der Waals surface area contributed by atoms with Gasteiger partial charge in [0, 0.05) is 24.8 Å². The van der Waals surface area contributed by atoms with E-state index in [9.17, 15) is 19.7 Å². The zero-order valence-electron chi connectivity index (χ0n) is 23.5. The monoisotopic (exact) mass is 554 g/mol. The molecule has 0 spiro atoms. The maximum Gasteiger partial charge on any atom is 0.269 e. The molecule has 0 aliphatic carbocycles. The topological polar surface area (TPSA) is 108 Å². The Bertz CT molecular complexity index is 1590. The molecule has 1 aromatic heterocycles. The van der Waals surface area contributed by atoms with Crippen molar-refractivity contribution in [3.8, 4) is 11.4 Å². The van der Waals surface area contributed by atoms with Crippen LogP contribution in [0.25, 0.3) is 22.7 Å². The van der Waals surface area contributed by atoms with E-state index in [1.54, 1.807) is 45.9 Å². The number of hydrogen-bond acceptors (Lipinski definition) is 6. The molecular formula is C32H34N4O5. The molecule has 4 aromatic rings. The summed E-state index contributed by atoms with van der Waals surface area (Å²) in [6, 6.07) is 19.9. The van der Waals surface area contributed by atoms with Crippen molar-refractivity contribution in [1.29, 1.82) is 0 Å². The van der Waals surface area contributed by atoms with E-state index in [1.807, 2.05) is 44.2 Å². The predicted octanol–water partition coefficient (Wildman–Crippen LogP) is 6.49. The third kappa shape index (κ3) is 6.87. The Hall–Kier alpha value is -4.79. The number of nitro benzene ring substituents is 1. The maximum absolute atomic E-state index is 13.8. The fourth-order valence-corrected chi connectivity index (χ4v) is 4.67. The molecule has 3 aromatic carbocycles. The molecule has 0 aliphatic rings. The van der Waals surface area contributed by atoms with E-state index in [0.717, 1.165) is 19.3 Å². The van der Waals surface area contributed by atoms with Gasteiger partial charge < -0.3 is 9.64 Å². The highest BCUT2D eigenvalue weighted by molar-refractivity contribution is 5.92. The Morgan fingerprint density at radius 2 is 1.76 bits per heavy atom. The van der Waals surface area contributed by atoms with Crippen LogP contribution in [-0.2, 0) is 4.79 Å². The molecule has 1 unspecified atom stereocenters. The Morgan fingerprint density at radius 1 is 1.05 bits per heavy atom. The summed E-state index contributed by atoms with van der Waals surface area (Å²) in [5, 5.41) is 11.5. The van der Waals surface area contributed by atoms with Crippen LogP contribution in [0.4, 0.5) is 5.69 Å². The molecule has 0 saturated carbocycles. The average Bonchev–Trinajstić information content (AvgIpc) is 2.99. The second-order valence-electron chi connectivity index (χ2n) is 9.65. The summed E-state index contributed by atoms with van der Waals surface area (Å²) < 4.78 is 7.16. The van der Waals surface area contributed by atoms with Gasteiger partial charge in [0.05, 0.1) is 34.2 Å². The number of rotatable bonds is 12. The van der Waals surface area contributed by atoms with Crippen LogP contribution in [0.1, 0.15) is 57.5 Å². The number of amides is 1. The van der Waals surface area contributed by atoms with Crippen molar-refractivity contribution in [2.45, 2.75) is 46.1 Å². The highest BCUT2D eigenvalue weighted by Gasteiger charge is 2.25. The molecule has 9 nitrogen and oxygen atoms in total. The van der Waals surface area contributed by atoms with Crippen molar-refractivity contribution < 1.29 is 14.5 Å². The maximum atomic E-state index is 13.8. The minimum atomic E-state index is -0.537. The summed E-state index contributed by atoms with van der Waals surface area (Å²) in [7, 11) is 0. The fraction of sp³-hybridized carbons (Fsp3) is 0.281. The van der Waals surface area contributed by atoms with Crippen molar-refractivity contribution in [3.05, 3.63) is 111 Å². The van der Waals surface area contributed by atoms with Crippen LogP contribution in [0.2, 0.25) is 0 Å². The SMILES string of the molecule is CCCCCN(C(=O)/C=C/c1ccc([N+](=O)[O-])cc1)C(C)c1nc2ccccc2c(=O)n1-c1ccc(OCC)cc1.